The molecule has 3 aliphatic rings. The van der Waals surface area contributed by atoms with Gasteiger partial charge in [-0.3, -0.25) is 9.69 Å². The number of nitrogens with one attached hydrogen (secondary N) is 1. The highest BCUT2D eigenvalue weighted by Crippen LogP contribution is 2.42. The van der Waals surface area contributed by atoms with Gasteiger partial charge in [-0.15, -0.1) is 0 Å². The Morgan fingerprint density at radius 2 is 2.07 bits per heavy atom. The Hall–Kier alpha value is -2.16. The van der Waals surface area contributed by atoms with E-state index in [1.54, 1.807) is 24.2 Å². The lowest BCUT2D eigenvalue weighted by Crippen LogP contribution is -2.52. The van der Waals surface area contributed by atoms with E-state index in [0.29, 0.717) is 30.8 Å². The van der Waals surface area contributed by atoms with Crippen molar-refractivity contribution in [3.05, 3.63) is 36.2 Å². The minimum Gasteiger partial charge on any atom is -0.466 e. The SMILES string of the molecule is CCOC(=O)CC1C2COCC1CN(Cc1ccc3c(c1)Nc1nccnc1S3)C2. The molecule has 3 aliphatic heterocycles. The van der Waals surface area contributed by atoms with E-state index in [-0.39, 0.29) is 5.97 Å². The number of carbonyl (C=O) groups excluding carboxylic acids is 1. The van der Waals surface area contributed by atoms with Crippen LogP contribution in [0.5, 0.6) is 0 Å². The molecule has 8 heteroatoms. The lowest BCUT2D eigenvalue weighted by Gasteiger charge is -2.47. The molecule has 2 fully saturated rings. The third-order valence-corrected chi connectivity index (χ3v) is 7.21. The lowest BCUT2D eigenvalue weighted by molar-refractivity contribution is -0.150. The summed E-state index contributed by atoms with van der Waals surface area (Å²) in [5, 5.41) is 4.33. The van der Waals surface area contributed by atoms with Crippen molar-refractivity contribution in [3.8, 4) is 0 Å². The summed E-state index contributed by atoms with van der Waals surface area (Å²) < 4.78 is 11.0. The Kier molecular flexibility index (Phi) is 5.62. The second-order valence-electron chi connectivity index (χ2n) is 8.19. The highest BCUT2D eigenvalue weighted by atomic mass is 32.2. The second kappa shape index (κ2) is 8.53. The van der Waals surface area contributed by atoms with Crippen LogP contribution in [0.1, 0.15) is 18.9 Å². The van der Waals surface area contributed by atoms with Crippen LogP contribution in [0.4, 0.5) is 11.5 Å². The van der Waals surface area contributed by atoms with Crippen molar-refractivity contribution >= 4 is 29.2 Å². The highest BCUT2D eigenvalue weighted by Gasteiger charge is 2.41. The maximum Gasteiger partial charge on any atom is 0.306 e. The van der Waals surface area contributed by atoms with Gasteiger partial charge in [-0.05, 0) is 42.4 Å². The van der Waals surface area contributed by atoms with Crippen molar-refractivity contribution in [2.75, 3.05) is 38.2 Å². The summed E-state index contributed by atoms with van der Waals surface area (Å²) in [6.45, 7) is 6.57. The molecule has 4 heterocycles. The summed E-state index contributed by atoms with van der Waals surface area (Å²) in [5.41, 5.74) is 2.36. The first-order valence-corrected chi connectivity index (χ1v) is 11.4. The second-order valence-corrected chi connectivity index (χ2v) is 9.22. The van der Waals surface area contributed by atoms with Crippen molar-refractivity contribution in [2.45, 2.75) is 29.8 Å². The summed E-state index contributed by atoms with van der Waals surface area (Å²) in [6, 6.07) is 6.58. The number of likely N-dealkylation sites (tertiary alicyclic amines) is 1. The minimum absolute atomic E-state index is 0.0745. The standard InChI is InChI=1S/C22H26N4O3S/c1-2-29-20(27)8-17-15-10-26(11-16(17)13-28-12-15)9-14-3-4-19-18(7-14)25-21-22(30-19)24-6-5-23-21/h3-7,15-17H,2,8-13H2,1H3,(H,23,25). The first kappa shape index (κ1) is 19.8. The van der Waals surface area contributed by atoms with E-state index in [0.717, 1.165) is 49.4 Å². The third kappa shape index (κ3) is 4.04. The molecule has 1 aromatic carbocycles. The number of hydrogen-bond donors (Lipinski definition) is 1. The molecule has 2 bridgehead atoms. The maximum atomic E-state index is 12.0. The van der Waals surface area contributed by atoms with E-state index in [1.807, 2.05) is 6.92 Å². The Morgan fingerprint density at radius 3 is 2.87 bits per heavy atom. The van der Waals surface area contributed by atoms with Crippen LogP contribution >= 0.6 is 11.8 Å². The largest absolute Gasteiger partial charge is 0.466 e. The molecule has 2 saturated heterocycles. The van der Waals surface area contributed by atoms with Gasteiger partial charge in [0.15, 0.2) is 5.82 Å². The third-order valence-electron chi connectivity index (χ3n) is 6.14. The lowest BCUT2D eigenvalue weighted by atomic mass is 9.74. The summed E-state index contributed by atoms with van der Waals surface area (Å²) in [5.74, 6) is 1.88. The molecule has 0 saturated carbocycles. The monoisotopic (exact) mass is 426 g/mol. The molecule has 1 N–H and O–H groups in total. The number of carbonyl (C=O) groups is 1. The van der Waals surface area contributed by atoms with E-state index in [1.165, 1.54) is 10.5 Å². The van der Waals surface area contributed by atoms with Crippen molar-refractivity contribution in [3.63, 3.8) is 0 Å². The maximum absolute atomic E-state index is 12.0. The van der Waals surface area contributed by atoms with E-state index in [2.05, 4.69) is 38.4 Å². The molecule has 0 aliphatic carbocycles. The first-order valence-electron chi connectivity index (χ1n) is 10.5. The number of fused-ring (bicyclic) bond motifs is 4. The molecular formula is C22H26N4O3S. The molecule has 158 valence electrons. The summed E-state index contributed by atoms with van der Waals surface area (Å²) >= 11 is 1.65. The van der Waals surface area contributed by atoms with E-state index in [4.69, 9.17) is 9.47 Å². The van der Waals surface area contributed by atoms with Gasteiger partial charge in [0.2, 0.25) is 0 Å². The van der Waals surface area contributed by atoms with Gasteiger partial charge in [0.25, 0.3) is 0 Å². The first-order chi connectivity index (χ1) is 14.7. The van der Waals surface area contributed by atoms with Gasteiger partial charge < -0.3 is 14.8 Å². The molecule has 0 amide bonds. The molecule has 7 nitrogen and oxygen atoms in total. The fourth-order valence-corrected chi connectivity index (χ4v) is 5.71. The Morgan fingerprint density at radius 1 is 1.27 bits per heavy atom. The van der Waals surface area contributed by atoms with E-state index < -0.39 is 0 Å². The summed E-state index contributed by atoms with van der Waals surface area (Å²) in [4.78, 5) is 24.5. The zero-order valence-electron chi connectivity index (χ0n) is 17.0. The van der Waals surface area contributed by atoms with Crippen LogP contribution in [0.3, 0.4) is 0 Å². The number of esters is 1. The fraction of sp³-hybridized carbons (Fsp3) is 0.500. The van der Waals surface area contributed by atoms with Crippen LogP contribution in [-0.4, -0.2) is 53.7 Å². The van der Waals surface area contributed by atoms with Gasteiger partial charge in [-0.25, -0.2) is 9.97 Å². The number of ether oxygens (including phenoxy) is 2. The Balaban J connectivity index is 1.26. The fourth-order valence-electron chi connectivity index (χ4n) is 4.83. The van der Waals surface area contributed by atoms with Gasteiger partial charge >= 0.3 is 5.97 Å². The molecule has 2 aromatic rings. The number of hydrogen-bond acceptors (Lipinski definition) is 8. The minimum atomic E-state index is -0.0745. The number of nitrogens with zero attached hydrogens (tertiary/aromatic N) is 3. The topological polar surface area (TPSA) is 76.6 Å². The van der Waals surface area contributed by atoms with E-state index in [9.17, 15) is 4.79 Å². The van der Waals surface area contributed by atoms with Gasteiger partial charge in [-0.2, -0.15) is 0 Å². The van der Waals surface area contributed by atoms with Crippen molar-refractivity contribution in [1.82, 2.24) is 14.9 Å². The van der Waals surface area contributed by atoms with Crippen LogP contribution in [0.25, 0.3) is 0 Å². The molecular weight excluding hydrogens is 400 g/mol. The summed E-state index contributed by atoms with van der Waals surface area (Å²) in [6.07, 6.45) is 3.95. The predicted molar refractivity (Wildman–Crippen MR) is 114 cm³/mol. The zero-order valence-corrected chi connectivity index (χ0v) is 17.9. The molecule has 0 spiro atoms. The summed E-state index contributed by atoms with van der Waals surface area (Å²) in [7, 11) is 0. The van der Waals surface area contributed by atoms with Crippen molar-refractivity contribution in [2.24, 2.45) is 17.8 Å². The van der Waals surface area contributed by atoms with Crippen LogP contribution < -0.4 is 5.32 Å². The van der Waals surface area contributed by atoms with Gasteiger partial charge in [0, 0.05) is 43.3 Å². The molecule has 2 unspecified atom stereocenters. The number of anilines is 2. The van der Waals surface area contributed by atoms with Crippen LogP contribution in [0, 0.1) is 17.8 Å². The number of piperidine rings is 1. The molecule has 2 atom stereocenters. The Labute approximate surface area is 180 Å². The van der Waals surface area contributed by atoms with Crippen molar-refractivity contribution < 1.29 is 14.3 Å². The molecule has 0 radical (unpaired) electrons. The zero-order chi connectivity index (χ0) is 20.5. The molecule has 30 heavy (non-hydrogen) atoms. The quantitative estimate of drug-likeness (QED) is 0.623. The molecule has 1 aromatic heterocycles. The smallest absolute Gasteiger partial charge is 0.306 e. The normalized spacial score (nSPS) is 25.0. The van der Waals surface area contributed by atoms with E-state index >= 15 is 0 Å². The van der Waals surface area contributed by atoms with Crippen LogP contribution in [0.15, 0.2) is 40.5 Å². The Bertz CT molecular complexity index is 926. The predicted octanol–water partition coefficient (Wildman–Crippen LogP) is 3.33. The number of aromatic nitrogens is 2. The average molecular weight is 427 g/mol. The van der Waals surface area contributed by atoms with Crippen LogP contribution in [0.2, 0.25) is 0 Å². The van der Waals surface area contributed by atoms with Gasteiger partial charge in [0.05, 0.1) is 25.5 Å². The highest BCUT2D eigenvalue weighted by molar-refractivity contribution is 7.99. The van der Waals surface area contributed by atoms with Gasteiger partial charge in [0.1, 0.15) is 5.03 Å². The number of benzene rings is 1. The van der Waals surface area contributed by atoms with Gasteiger partial charge in [-0.1, -0.05) is 17.8 Å². The van der Waals surface area contributed by atoms with Crippen molar-refractivity contribution in [1.29, 1.82) is 0 Å². The average Bonchev–Trinajstić information content (AvgIpc) is 2.73. The van der Waals surface area contributed by atoms with Crippen LogP contribution in [-0.2, 0) is 20.8 Å². The number of rotatable bonds is 5. The molecule has 5 rings (SSSR count).